The second kappa shape index (κ2) is 5.78. The zero-order valence-corrected chi connectivity index (χ0v) is 12.7. The average Bonchev–Trinajstić information content (AvgIpc) is 2.95. The van der Waals surface area contributed by atoms with Gasteiger partial charge in [-0.25, -0.2) is 8.78 Å². The van der Waals surface area contributed by atoms with E-state index in [0.29, 0.717) is 12.1 Å². The van der Waals surface area contributed by atoms with Crippen molar-refractivity contribution in [3.8, 4) is 0 Å². The number of aromatic nitrogens is 1. The van der Waals surface area contributed by atoms with Crippen LogP contribution >= 0.6 is 0 Å². The fraction of sp³-hybridized carbons (Fsp3) is 0.263. The standard InChI is InChI=1S/C19H18F2N2/c20-13-8-9-16(21)12(10-13)11-22-18-7-3-5-15-14-4-1-2-6-17(14)23-19(15)18/h1-2,4,6,8-10,18,22-23H,3,5,7,11H2. The predicted molar refractivity (Wildman–Crippen MR) is 87.2 cm³/mol. The van der Waals surface area contributed by atoms with E-state index in [1.807, 2.05) is 6.07 Å². The summed E-state index contributed by atoms with van der Waals surface area (Å²) in [6, 6.07) is 12.0. The first-order valence-electron chi connectivity index (χ1n) is 7.99. The van der Waals surface area contributed by atoms with Crippen LogP contribution in [0.5, 0.6) is 0 Å². The minimum atomic E-state index is -0.404. The van der Waals surface area contributed by atoms with E-state index in [9.17, 15) is 8.78 Å². The lowest BCUT2D eigenvalue weighted by atomic mass is 9.91. The third kappa shape index (κ3) is 2.63. The average molecular weight is 312 g/mol. The molecule has 1 atom stereocenters. The third-order valence-corrected chi connectivity index (χ3v) is 4.66. The highest BCUT2D eigenvalue weighted by atomic mass is 19.1. The fourth-order valence-electron chi connectivity index (χ4n) is 3.53. The molecule has 0 bridgehead atoms. The van der Waals surface area contributed by atoms with E-state index in [0.717, 1.165) is 30.8 Å². The molecule has 3 aromatic rings. The maximum atomic E-state index is 13.8. The van der Waals surface area contributed by atoms with E-state index in [1.165, 1.54) is 28.8 Å². The van der Waals surface area contributed by atoms with Gasteiger partial charge in [-0.2, -0.15) is 0 Å². The number of aryl methyl sites for hydroxylation is 1. The number of hydrogen-bond acceptors (Lipinski definition) is 1. The summed E-state index contributed by atoms with van der Waals surface area (Å²) in [5.41, 5.74) is 4.05. The van der Waals surface area contributed by atoms with E-state index >= 15 is 0 Å². The van der Waals surface area contributed by atoms with Crippen molar-refractivity contribution < 1.29 is 8.78 Å². The Morgan fingerprint density at radius 2 is 2.00 bits per heavy atom. The van der Waals surface area contributed by atoms with Crippen LogP contribution in [0.2, 0.25) is 0 Å². The molecule has 23 heavy (non-hydrogen) atoms. The van der Waals surface area contributed by atoms with Gasteiger partial charge in [0.15, 0.2) is 0 Å². The largest absolute Gasteiger partial charge is 0.357 e. The van der Waals surface area contributed by atoms with E-state index in [-0.39, 0.29) is 11.9 Å². The summed E-state index contributed by atoms with van der Waals surface area (Å²) in [6.07, 6.45) is 3.15. The molecule has 1 aromatic heterocycles. The number of H-pyrrole nitrogens is 1. The molecule has 0 spiro atoms. The molecule has 2 nitrogen and oxygen atoms in total. The zero-order chi connectivity index (χ0) is 15.8. The van der Waals surface area contributed by atoms with Crippen LogP contribution in [-0.4, -0.2) is 4.98 Å². The molecule has 0 saturated heterocycles. The summed E-state index contributed by atoms with van der Waals surface area (Å²) in [5.74, 6) is -0.773. The van der Waals surface area contributed by atoms with E-state index in [4.69, 9.17) is 0 Å². The molecule has 4 rings (SSSR count). The number of fused-ring (bicyclic) bond motifs is 3. The normalized spacial score (nSPS) is 17.4. The van der Waals surface area contributed by atoms with Crippen LogP contribution in [0.4, 0.5) is 8.78 Å². The Labute approximate surface area is 133 Å². The number of nitrogens with one attached hydrogen (secondary N) is 2. The Morgan fingerprint density at radius 1 is 1.13 bits per heavy atom. The molecule has 0 radical (unpaired) electrons. The van der Waals surface area contributed by atoms with E-state index < -0.39 is 5.82 Å². The predicted octanol–water partition coefficient (Wildman–Crippen LogP) is 4.61. The number of aromatic amines is 1. The lowest BCUT2D eigenvalue weighted by Gasteiger charge is -2.24. The second-order valence-electron chi connectivity index (χ2n) is 6.12. The summed E-state index contributed by atoms with van der Waals surface area (Å²) in [6.45, 7) is 0.322. The van der Waals surface area contributed by atoms with Gasteiger partial charge in [0, 0.05) is 34.7 Å². The molecule has 4 heteroatoms. The first kappa shape index (κ1) is 14.4. The number of rotatable bonds is 3. The van der Waals surface area contributed by atoms with Crippen molar-refractivity contribution in [3.63, 3.8) is 0 Å². The van der Waals surface area contributed by atoms with Gasteiger partial charge in [0.05, 0.1) is 0 Å². The first-order chi connectivity index (χ1) is 11.2. The van der Waals surface area contributed by atoms with Crippen LogP contribution in [0.1, 0.15) is 35.7 Å². The summed E-state index contributed by atoms with van der Waals surface area (Å²) < 4.78 is 27.1. The molecule has 0 fully saturated rings. The monoisotopic (exact) mass is 312 g/mol. The number of benzene rings is 2. The summed E-state index contributed by atoms with van der Waals surface area (Å²) in [7, 11) is 0. The minimum absolute atomic E-state index is 0.147. The van der Waals surface area contributed by atoms with Crippen LogP contribution < -0.4 is 5.32 Å². The van der Waals surface area contributed by atoms with Gasteiger partial charge in [0.1, 0.15) is 11.6 Å². The molecule has 2 aromatic carbocycles. The highest BCUT2D eigenvalue weighted by molar-refractivity contribution is 5.85. The molecule has 0 aliphatic heterocycles. The minimum Gasteiger partial charge on any atom is -0.357 e. The fourth-order valence-corrected chi connectivity index (χ4v) is 3.53. The van der Waals surface area contributed by atoms with Crippen LogP contribution in [0.3, 0.4) is 0 Å². The maximum Gasteiger partial charge on any atom is 0.127 e. The SMILES string of the molecule is Fc1ccc(F)c(CNC2CCCc3c2[nH]c2ccccc32)c1. The van der Waals surface area contributed by atoms with Crippen LogP contribution in [0.15, 0.2) is 42.5 Å². The van der Waals surface area contributed by atoms with Crippen molar-refractivity contribution in [2.24, 2.45) is 0 Å². The number of halogens is 2. The molecule has 118 valence electrons. The zero-order valence-electron chi connectivity index (χ0n) is 12.7. The van der Waals surface area contributed by atoms with Crippen LogP contribution in [0.25, 0.3) is 10.9 Å². The summed E-state index contributed by atoms with van der Waals surface area (Å²) in [4.78, 5) is 3.50. The quantitative estimate of drug-likeness (QED) is 0.726. The number of hydrogen-bond donors (Lipinski definition) is 2. The van der Waals surface area contributed by atoms with Crippen molar-refractivity contribution >= 4 is 10.9 Å². The van der Waals surface area contributed by atoms with Crippen molar-refractivity contribution in [1.29, 1.82) is 0 Å². The molecule has 0 amide bonds. The second-order valence-corrected chi connectivity index (χ2v) is 6.12. The van der Waals surface area contributed by atoms with Crippen molar-refractivity contribution in [2.75, 3.05) is 0 Å². The molecule has 1 heterocycles. The Morgan fingerprint density at radius 3 is 2.91 bits per heavy atom. The Hall–Kier alpha value is -2.20. The molecular formula is C19H18F2N2. The molecule has 0 saturated carbocycles. The van der Waals surface area contributed by atoms with Gasteiger partial charge in [0.25, 0.3) is 0 Å². The van der Waals surface area contributed by atoms with Gasteiger partial charge in [-0.3, -0.25) is 0 Å². The lowest BCUT2D eigenvalue weighted by molar-refractivity contribution is 0.445. The molecule has 1 aliphatic carbocycles. The van der Waals surface area contributed by atoms with E-state index in [1.54, 1.807) is 0 Å². The van der Waals surface area contributed by atoms with Gasteiger partial charge in [0.2, 0.25) is 0 Å². The highest BCUT2D eigenvalue weighted by Gasteiger charge is 2.23. The smallest absolute Gasteiger partial charge is 0.127 e. The Kier molecular flexibility index (Phi) is 3.62. The molecule has 2 N–H and O–H groups in total. The van der Waals surface area contributed by atoms with Gasteiger partial charge < -0.3 is 10.3 Å². The molecular weight excluding hydrogens is 294 g/mol. The van der Waals surface area contributed by atoms with Crippen molar-refractivity contribution in [1.82, 2.24) is 10.3 Å². The van der Waals surface area contributed by atoms with Gasteiger partial charge in [-0.05, 0) is 49.1 Å². The van der Waals surface area contributed by atoms with E-state index in [2.05, 4.69) is 28.5 Å². The topological polar surface area (TPSA) is 27.8 Å². The molecule has 1 unspecified atom stereocenters. The summed E-state index contributed by atoms with van der Waals surface area (Å²) >= 11 is 0. The number of para-hydroxylation sites is 1. The van der Waals surface area contributed by atoms with Crippen molar-refractivity contribution in [2.45, 2.75) is 31.8 Å². The van der Waals surface area contributed by atoms with Crippen LogP contribution in [0, 0.1) is 11.6 Å². The van der Waals surface area contributed by atoms with Crippen molar-refractivity contribution in [3.05, 3.63) is 70.9 Å². The Bertz CT molecular complexity index is 854. The van der Waals surface area contributed by atoms with Gasteiger partial charge >= 0.3 is 0 Å². The van der Waals surface area contributed by atoms with Gasteiger partial charge in [-0.1, -0.05) is 18.2 Å². The summed E-state index contributed by atoms with van der Waals surface area (Å²) in [5, 5.41) is 4.65. The highest BCUT2D eigenvalue weighted by Crippen LogP contribution is 2.34. The van der Waals surface area contributed by atoms with Gasteiger partial charge in [-0.15, -0.1) is 0 Å². The Balaban J connectivity index is 1.61. The third-order valence-electron chi connectivity index (χ3n) is 4.66. The maximum absolute atomic E-state index is 13.8. The molecule has 1 aliphatic rings. The van der Waals surface area contributed by atoms with Crippen LogP contribution in [-0.2, 0) is 13.0 Å². The first-order valence-corrected chi connectivity index (χ1v) is 7.99. The lowest BCUT2D eigenvalue weighted by Crippen LogP contribution is -2.25.